The standard InChI is InChI=1S/C26H42O/c1-6-8-10-12-13-15-21-19-22-20-23(26(3,4)5)17-18-25(22)27-24(21)16-14-11-9-7-2/h17-18,20H,6-16,19H2,1-5H3. The van der Waals surface area contributed by atoms with Crippen molar-refractivity contribution < 1.29 is 4.74 Å². The summed E-state index contributed by atoms with van der Waals surface area (Å²) in [7, 11) is 0. The maximum absolute atomic E-state index is 6.45. The van der Waals surface area contributed by atoms with Crippen molar-refractivity contribution in [1.29, 1.82) is 0 Å². The molecule has 1 aromatic carbocycles. The molecule has 0 unspecified atom stereocenters. The Morgan fingerprint density at radius 2 is 1.44 bits per heavy atom. The lowest BCUT2D eigenvalue weighted by Crippen LogP contribution is -2.15. The number of ether oxygens (including phenoxy) is 1. The van der Waals surface area contributed by atoms with Crippen LogP contribution in [-0.2, 0) is 11.8 Å². The maximum atomic E-state index is 6.45. The first-order valence-electron chi connectivity index (χ1n) is 11.5. The molecule has 0 radical (unpaired) electrons. The van der Waals surface area contributed by atoms with Crippen LogP contribution in [0.2, 0.25) is 0 Å². The summed E-state index contributed by atoms with van der Waals surface area (Å²) in [5, 5.41) is 0. The van der Waals surface area contributed by atoms with Gasteiger partial charge in [0.2, 0.25) is 0 Å². The quantitative estimate of drug-likeness (QED) is 0.355. The summed E-state index contributed by atoms with van der Waals surface area (Å²) in [4.78, 5) is 0. The van der Waals surface area contributed by atoms with E-state index in [4.69, 9.17) is 4.74 Å². The van der Waals surface area contributed by atoms with Crippen LogP contribution in [0, 0.1) is 0 Å². The number of benzene rings is 1. The van der Waals surface area contributed by atoms with Gasteiger partial charge in [0.15, 0.2) is 0 Å². The lowest BCUT2D eigenvalue weighted by Gasteiger charge is -2.27. The van der Waals surface area contributed by atoms with Gasteiger partial charge in [-0.25, -0.2) is 0 Å². The van der Waals surface area contributed by atoms with E-state index in [1.165, 1.54) is 81.1 Å². The minimum absolute atomic E-state index is 0.194. The Morgan fingerprint density at radius 1 is 0.815 bits per heavy atom. The molecule has 2 rings (SSSR count). The third kappa shape index (κ3) is 7.01. The first-order chi connectivity index (χ1) is 13.0. The highest BCUT2D eigenvalue weighted by Gasteiger charge is 2.22. The van der Waals surface area contributed by atoms with Crippen LogP contribution in [0.1, 0.15) is 116 Å². The minimum atomic E-state index is 0.194. The van der Waals surface area contributed by atoms with Gasteiger partial charge in [0, 0.05) is 12.8 Å². The summed E-state index contributed by atoms with van der Waals surface area (Å²) in [6, 6.07) is 6.85. The Kier molecular flexibility index (Phi) is 8.93. The average Bonchev–Trinajstić information content (AvgIpc) is 2.64. The van der Waals surface area contributed by atoms with Crippen molar-refractivity contribution in [3.05, 3.63) is 40.7 Å². The molecule has 27 heavy (non-hydrogen) atoms. The molecule has 1 aromatic rings. The van der Waals surface area contributed by atoms with Gasteiger partial charge in [0.25, 0.3) is 0 Å². The molecule has 0 atom stereocenters. The summed E-state index contributed by atoms with van der Waals surface area (Å²) < 4.78 is 6.45. The van der Waals surface area contributed by atoms with Gasteiger partial charge in [-0.1, -0.05) is 91.7 Å². The molecule has 0 bridgehead atoms. The van der Waals surface area contributed by atoms with Gasteiger partial charge < -0.3 is 4.74 Å². The molecule has 1 heteroatoms. The number of allylic oxidation sites excluding steroid dienone is 2. The third-order valence-corrected chi connectivity index (χ3v) is 5.80. The van der Waals surface area contributed by atoms with E-state index in [0.29, 0.717) is 0 Å². The normalized spacial score (nSPS) is 14.3. The van der Waals surface area contributed by atoms with E-state index in [9.17, 15) is 0 Å². The van der Waals surface area contributed by atoms with E-state index in [0.717, 1.165) is 18.6 Å². The fraction of sp³-hybridized carbons (Fsp3) is 0.692. The molecule has 1 aliphatic heterocycles. The monoisotopic (exact) mass is 370 g/mol. The van der Waals surface area contributed by atoms with Crippen molar-refractivity contribution in [3.8, 4) is 5.75 Å². The molecule has 0 aromatic heterocycles. The predicted octanol–water partition coefficient (Wildman–Crippen LogP) is 8.50. The van der Waals surface area contributed by atoms with Crippen molar-refractivity contribution in [2.45, 2.75) is 117 Å². The van der Waals surface area contributed by atoms with Crippen LogP contribution in [0.3, 0.4) is 0 Å². The van der Waals surface area contributed by atoms with E-state index in [2.05, 4.69) is 52.8 Å². The highest BCUT2D eigenvalue weighted by Crippen LogP contribution is 2.37. The van der Waals surface area contributed by atoms with Gasteiger partial charge in [-0.2, -0.15) is 0 Å². The van der Waals surface area contributed by atoms with Gasteiger partial charge in [0.1, 0.15) is 11.5 Å². The Balaban J connectivity index is 2.08. The summed E-state index contributed by atoms with van der Waals surface area (Å²) >= 11 is 0. The highest BCUT2D eigenvalue weighted by atomic mass is 16.5. The molecular formula is C26H42O. The second kappa shape index (κ2) is 10.9. The number of rotatable bonds is 11. The topological polar surface area (TPSA) is 9.23 Å². The van der Waals surface area contributed by atoms with Crippen LogP contribution in [0.15, 0.2) is 29.5 Å². The molecule has 0 saturated heterocycles. The van der Waals surface area contributed by atoms with Crippen LogP contribution in [-0.4, -0.2) is 0 Å². The average molecular weight is 371 g/mol. The molecule has 0 amide bonds. The Labute approximate surface area is 168 Å². The number of hydrogen-bond donors (Lipinski definition) is 0. The zero-order valence-corrected chi connectivity index (χ0v) is 18.6. The molecule has 0 aliphatic carbocycles. The Hall–Kier alpha value is -1.24. The zero-order valence-electron chi connectivity index (χ0n) is 18.6. The minimum Gasteiger partial charge on any atom is -0.461 e. The van der Waals surface area contributed by atoms with Crippen LogP contribution < -0.4 is 4.74 Å². The molecule has 1 heterocycles. The first-order valence-corrected chi connectivity index (χ1v) is 11.5. The number of fused-ring (bicyclic) bond motifs is 1. The van der Waals surface area contributed by atoms with Crippen molar-refractivity contribution in [1.82, 2.24) is 0 Å². The van der Waals surface area contributed by atoms with E-state index >= 15 is 0 Å². The van der Waals surface area contributed by atoms with Crippen LogP contribution in [0.4, 0.5) is 0 Å². The predicted molar refractivity (Wildman–Crippen MR) is 119 cm³/mol. The van der Waals surface area contributed by atoms with Gasteiger partial charge in [-0.05, 0) is 47.4 Å². The number of hydrogen-bond acceptors (Lipinski definition) is 1. The highest BCUT2D eigenvalue weighted by molar-refractivity contribution is 5.45. The van der Waals surface area contributed by atoms with Gasteiger partial charge in [-0.3, -0.25) is 0 Å². The molecule has 1 aliphatic rings. The Morgan fingerprint density at radius 3 is 2.11 bits per heavy atom. The first kappa shape index (κ1) is 22.1. The van der Waals surface area contributed by atoms with Gasteiger partial charge >= 0.3 is 0 Å². The van der Waals surface area contributed by atoms with E-state index in [-0.39, 0.29) is 5.41 Å². The van der Waals surface area contributed by atoms with Crippen molar-refractivity contribution in [3.63, 3.8) is 0 Å². The zero-order chi connectivity index (χ0) is 19.7. The second-order valence-electron chi connectivity index (χ2n) is 9.35. The SMILES string of the molecule is CCCCCCCC1=C(CCCCCC)Oc2ccc(C(C)(C)C)cc2C1. The summed E-state index contributed by atoms with van der Waals surface area (Å²) in [5.74, 6) is 2.39. The fourth-order valence-corrected chi connectivity index (χ4v) is 3.93. The second-order valence-corrected chi connectivity index (χ2v) is 9.35. The fourth-order valence-electron chi connectivity index (χ4n) is 3.93. The van der Waals surface area contributed by atoms with E-state index in [1.54, 1.807) is 5.57 Å². The summed E-state index contributed by atoms with van der Waals surface area (Å²) in [6.45, 7) is 11.4. The van der Waals surface area contributed by atoms with Crippen LogP contribution in [0.25, 0.3) is 0 Å². The molecule has 152 valence electrons. The summed E-state index contributed by atoms with van der Waals surface area (Å²) in [5.41, 5.74) is 4.57. The number of unbranched alkanes of at least 4 members (excludes halogenated alkanes) is 7. The van der Waals surface area contributed by atoms with Gasteiger partial charge in [0.05, 0.1) is 0 Å². The molecule has 0 spiro atoms. The third-order valence-electron chi connectivity index (χ3n) is 5.80. The largest absolute Gasteiger partial charge is 0.461 e. The van der Waals surface area contributed by atoms with Crippen molar-refractivity contribution in [2.24, 2.45) is 0 Å². The lowest BCUT2D eigenvalue weighted by molar-refractivity contribution is 0.368. The lowest BCUT2D eigenvalue weighted by atomic mass is 9.84. The smallest absolute Gasteiger partial charge is 0.130 e. The molecular weight excluding hydrogens is 328 g/mol. The van der Waals surface area contributed by atoms with Crippen molar-refractivity contribution >= 4 is 0 Å². The maximum Gasteiger partial charge on any atom is 0.130 e. The Bertz CT molecular complexity index is 603. The molecule has 0 fully saturated rings. The van der Waals surface area contributed by atoms with Crippen molar-refractivity contribution in [2.75, 3.05) is 0 Å². The van der Waals surface area contributed by atoms with Gasteiger partial charge in [-0.15, -0.1) is 0 Å². The van der Waals surface area contributed by atoms with E-state index < -0.39 is 0 Å². The molecule has 0 N–H and O–H groups in total. The van der Waals surface area contributed by atoms with Crippen LogP contribution in [0.5, 0.6) is 5.75 Å². The summed E-state index contributed by atoms with van der Waals surface area (Å²) in [6.07, 6.45) is 15.4. The van der Waals surface area contributed by atoms with E-state index in [1.807, 2.05) is 0 Å². The molecule has 0 saturated carbocycles. The molecule has 1 nitrogen and oxygen atoms in total. The van der Waals surface area contributed by atoms with Crippen LogP contribution >= 0.6 is 0 Å².